The lowest BCUT2D eigenvalue weighted by Gasteiger charge is -2.31. The van der Waals surface area contributed by atoms with Crippen LogP contribution in [0.2, 0.25) is 0 Å². The maximum Gasteiger partial charge on any atom is 0.227 e. The van der Waals surface area contributed by atoms with Crippen LogP contribution in [0.1, 0.15) is 36.7 Å². The summed E-state index contributed by atoms with van der Waals surface area (Å²) >= 11 is 0. The Morgan fingerprint density at radius 1 is 1.16 bits per heavy atom. The van der Waals surface area contributed by atoms with Gasteiger partial charge in [0.1, 0.15) is 0 Å². The highest BCUT2D eigenvalue weighted by Gasteiger charge is 2.26. The monoisotopic (exact) mass is 338 g/mol. The summed E-state index contributed by atoms with van der Waals surface area (Å²) in [5, 5.41) is 3.12. The van der Waals surface area contributed by atoms with Crippen LogP contribution in [0.25, 0.3) is 0 Å². The smallest absolute Gasteiger partial charge is 0.227 e. The van der Waals surface area contributed by atoms with E-state index < -0.39 is 0 Å². The van der Waals surface area contributed by atoms with Crippen LogP contribution < -0.4 is 10.2 Å². The molecule has 0 atom stereocenters. The third-order valence-corrected chi connectivity index (χ3v) is 4.78. The molecule has 1 aliphatic heterocycles. The molecule has 132 valence electrons. The summed E-state index contributed by atoms with van der Waals surface area (Å²) in [6.45, 7) is 7.72. The van der Waals surface area contributed by atoms with Gasteiger partial charge >= 0.3 is 0 Å². The van der Waals surface area contributed by atoms with Gasteiger partial charge < -0.3 is 10.2 Å². The van der Waals surface area contributed by atoms with Crippen LogP contribution in [0.15, 0.2) is 30.3 Å². The Hall–Kier alpha value is -2.43. The topological polar surface area (TPSA) is 58.1 Å². The maximum atomic E-state index is 12.6. The minimum atomic E-state index is 0.0482. The van der Waals surface area contributed by atoms with Gasteiger partial charge in [-0.05, 0) is 50.8 Å². The van der Waals surface area contributed by atoms with Crippen molar-refractivity contribution in [3.8, 4) is 0 Å². The number of hydrogen-bond acceptors (Lipinski definition) is 4. The Morgan fingerprint density at radius 3 is 2.44 bits per heavy atom. The summed E-state index contributed by atoms with van der Waals surface area (Å²) < 4.78 is 0. The van der Waals surface area contributed by atoms with Gasteiger partial charge in [-0.1, -0.05) is 25.1 Å². The number of benzene rings is 1. The maximum absolute atomic E-state index is 12.6. The third-order valence-electron chi connectivity index (χ3n) is 4.78. The minimum Gasteiger partial charge on any atom is -0.341 e. The molecule has 3 rings (SSSR count). The van der Waals surface area contributed by atoms with E-state index in [1.165, 1.54) is 5.56 Å². The first-order chi connectivity index (χ1) is 12.1. The lowest BCUT2D eigenvalue weighted by atomic mass is 9.95. The molecule has 2 heterocycles. The summed E-state index contributed by atoms with van der Waals surface area (Å²) in [6, 6.07) is 10.0. The first kappa shape index (κ1) is 17.4. The van der Waals surface area contributed by atoms with Crippen LogP contribution in [-0.2, 0) is 11.2 Å². The summed E-state index contributed by atoms with van der Waals surface area (Å²) in [4.78, 5) is 23.9. The van der Waals surface area contributed by atoms with Crippen LogP contribution in [0, 0.1) is 19.8 Å². The van der Waals surface area contributed by atoms with Gasteiger partial charge in [0, 0.05) is 36.1 Å². The standard InChI is InChI=1S/C20H26N4O/c1-4-16-7-5-6-8-18(16)23-19(25)17-9-11-24(12-10-17)20-21-14(2)13-15(3)22-20/h5-8,13,17H,4,9-12H2,1-3H3,(H,23,25). The lowest BCUT2D eigenvalue weighted by molar-refractivity contribution is -0.120. The molecule has 0 saturated carbocycles. The summed E-state index contributed by atoms with van der Waals surface area (Å²) in [5.74, 6) is 0.960. The van der Waals surface area contributed by atoms with E-state index in [-0.39, 0.29) is 11.8 Å². The van der Waals surface area contributed by atoms with Crippen LogP contribution in [0.5, 0.6) is 0 Å². The molecule has 1 fully saturated rings. The predicted octanol–water partition coefficient (Wildman–Crippen LogP) is 3.51. The lowest BCUT2D eigenvalue weighted by Crippen LogP contribution is -2.39. The Kier molecular flexibility index (Phi) is 5.31. The molecule has 5 nitrogen and oxygen atoms in total. The molecular weight excluding hydrogens is 312 g/mol. The van der Waals surface area contributed by atoms with Crippen molar-refractivity contribution in [3.05, 3.63) is 47.3 Å². The second-order valence-corrected chi connectivity index (χ2v) is 6.71. The number of aryl methyl sites for hydroxylation is 3. The molecule has 1 aliphatic rings. The quantitative estimate of drug-likeness (QED) is 0.927. The van der Waals surface area contributed by atoms with Crippen LogP contribution in [-0.4, -0.2) is 29.0 Å². The van der Waals surface area contributed by atoms with Crippen molar-refractivity contribution in [1.82, 2.24) is 9.97 Å². The summed E-state index contributed by atoms with van der Waals surface area (Å²) in [7, 11) is 0. The van der Waals surface area contributed by atoms with E-state index in [0.29, 0.717) is 0 Å². The minimum absolute atomic E-state index is 0.0482. The molecule has 1 aromatic carbocycles. The van der Waals surface area contributed by atoms with Crippen molar-refractivity contribution in [1.29, 1.82) is 0 Å². The van der Waals surface area contributed by atoms with Gasteiger partial charge in [-0.15, -0.1) is 0 Å². The Morgan fingerprint density at radius 2 is 1.80 bits per heavy atom. The van der Waals surface area contributed by atoms with E-state index in [1.54, 1.807) is 0 Å². The van der Waals surface area contributed by atoms with Gasteiger partial charge in [0.05, 0.1) is 0 Å². The fraction of sp³-hybridized carbons (Fsp3) is 0.450. The average molecular weight is 338 g/mol. The Balaban J connectivity index is 1.61. The highest BCUT2D eigenvalue weighted by Crippen LogP contribution is 2.24. The second kappa shape index (κ2) is 7.64. The Labute approximate surface area is 149 Å². The number of para-hydroxylation sites is 1. The zero-order valence-electron chi connectivity index (χ0n) is 15.2. The van der Waals surface area contributed by atoms with Crippen LogP contribution >= 0.6 is 0 Å². The van der Waals surface area contributed by atoms with Gasteiger partial charge in [0.2, 0.25) is 11.9 Å². The van der Waals surface area contributed by atoms with Crippen molar-refractivity contribution in [2.75, 3.05) is 23.3 Å². The van der Waals surface area contributed by atoms with E-state index in [0.717, 1.165) is 55.4 Å². The molecule has 5 heteroatoms. The summed E-state index contributed by atoms with van der Waals surface area (Å²) in [6.07, 6.45) is 2.58. The van der Waals surface area contributed by atoms with Crippen molar-refractivity contribution < 1.29 is 4.79 Å². The number of nitrogens with one attached hydrogen (secondary N) is 1. The van der Waals surface area contributed by atoms with Crippen molar-refractivity contribution >= 4 is 17.5 Å². The van der Waals surface area contributed by atoms with Gasteiger partial charge in [-0.2, -0.15) is 0 Å². The highest BCUT2D eigenvalue weighted by molar-refractivity contribution is 5.93. The number of amides is 1. The van der Waals surface area contributed by atoms with Gasteiger partial charge in [0.15, 0.2) is 0 Å². The third kappa shape index (κ3) is 4.16. The van der Waals surface area contributed by atoms with Gasteiger partial charge in [0.25, 0.3) is 0 Å². The first-order valence-corrected chi connectivity index (χ1v) is 9.03. The molecule has 0 bridgehead atoms. The molecule has 1 aromatic heterocycles. The van der Waals surface area contributed by atoms with Crippen molar-refractivity contribution in [2.24, 2.45) is 5.92 Å². The molecule has 2 aromatic rings. The molecule has 1 N–H and O–H groups in total. The SMILES string of the molecule is CCc1ccccc1NC(=O)C1CCN(c2nc(C)cc(C)n2)CC1. The first-order valence-electron chi connectivity index (χ1n) is 9.03. The average Bonchev–Trinajstić information content (AvgIpc) is 2.61. The van der Waals surface area contributed by atoms with Crippen molar-refractivity contribution in [2.45, 2.75) is 40.0 Å². The fourth-order valence-corrected chi connectivity index (χ4v) is 3.38. The van der Waals surface area contributed by atoms with Crippen LogP contribution in [0.4, 0.5) is 11.6 Å². The molecular formula is C20H26N4O. The zero-order chi connectivity index (χ0) is 17.8. The Bertz CT molecular complexity index is 731. The number of carbonyl (C=O) groups is 1. The summed E-state index contributed by atoms with van der Waals surface area (Å²) in [5.41, 5.74) is 4.09. The van der Waals surface area contributed by atoms with E-state index in [4.69, 9.17) is 0 Å². The van der Waals surface area contributed by atoms with Crippen LogP contribution in [0.3, 0.4) is 0 Å². The normalized spacial score (nSPS) is 15.2. The molecule has 0 spiro atoms. The number of nitrogens with zero attached hydrogens (tertiary/aromatic N) is 3. The molecule has 0 unspecified atom stereocenters. The van der Waals surface area contributed by atoms with E-state index >= 15 is 0 Å². The molecule has 1 amide bonds. The van der Waals surface area contributed by atoms with E-state index in [9.17, 15) is 4.79 Å². The van der Waals surface area contributed by atoms with E-state index in [2.05, 4.69) is 33.2 Å². The predicted molar refractivity (Wildman–Crippen MR) is 101 cm³/mol. The molecule has 25 heavy (non-hydrogen) atoms. The van der Waals surface area contributed by atoms with Crippen molar-refractivity contribution in [3.63, 3.8) is 0 Å². The number of aromatic nitrogens is 2. The zero-order valence-corrected chi connectivity index (χ0v) is 15.2. The molecule has 0 aliphatic carbocycles. The molecule has 0 radical (unpaired) electrons. The van der Waals surface area contributed by atoms with E-state index in [1.807, 2.05) is 38.1 Å². The number of carbonyl (C=O) groups excluding carboxylic acids is 1. The largest absolute Gasteiger partial charge is 0.341 e. The number of piperidine rings is 1. The number of rotatable bonds is 4. The number of hydrogen-bond donors (Lipinski definition) is 1. The van der Waals surface area contributed by atoms with Gasteiger partial charge in [-0.25, -0.2) is 9.97 Å². The number of anilines is 2. The van der Waals surface area contributed by atoms with Gasteiger partial charge in [-0.3, -0.25) is 4.79 Å². The second-order valence-electron chi connectivity index (χ2n) is 6.71. The molecule has 1 saturated heterocycles. The fourth-order valence-electron chi connectivity index (χ4n) is 3.38. The highest BCUT2D eigenvalue weighted by atomic mass is 16.1.